The summed E-state index contributed by atoms with van der Waals surface area (Å²) in [6, 6.07) is 20.0. The van der Waals surface area contributed by atoms with E-state index in [0.717, 1.165) is 39.3 Å². The lowest BCUT2D eigenvalue weighted by Gasteiger charge is -2.04. The molecule has 0 radical (unpaired) electrons. The third-order valence-corrected chi connectivity index (χ3v) is 5.10. The van der Waals surface area contributed by atoms with Gasteiger partial charge in [0.25, 0.3) is 0 Å². The zero-order valence-corrected chi connectivity index (χ0v) is 14.5. The summed E-state index contributed by atoms with van der Waals surface area (Å²) in [6.45, 7) is 0.261. The van der Waals surface area contributed by atoms with Crippen LogP contribution in [0.15, 0.2) is 65.8 Å². The summed E-state index contributed by atoms with van der Waals surface area (Å²) in [5.74, 6) is 2.32. The van der Waals surface area contributed by atoms with E-state index < -0.39 is 0 Å². The monoisotopic (exact) mass is 362 g/mol. The first-order valence-corrected chi connectivity index (χ1v) is 9.14. The fourth-order valence-electron chi connectivity index (χ4n) is 2.79. The third kappa shape index (κ3) is 2.76. The maximum Gasteiger partial charge on any atom is 0.231 e. The summed E-state index contributed by atoms with van der Waals surface area (Å²) in [5.41, 5.74) is 3.76. The SMILES string of the molecule is c1ccc(CSc2nnc3ccc(-c4ccc5c(c4)OCO5)nn23)cc1. The van der Waals surface area contributed by atoms with E-state index in [4.69, 9.17) is 14.6 Å². The molecular formula is C19H14N4O2S. The third-order valence-electron chi connectivity index (χ3n) is 4.11. The molecule has 4 aromatic rings. The first kappa shape index (κ1) is 15.2. The Morgan fingerprint density at radius 3 is 2.73 bits per heavy atom. The Labute approximate surface area is 153 Å². The van der Waals surface area contributed by atoms with Crippen LogP contribution < -0.4 is 9.47 Å². The molecule has 0 aliphatic carbocycles. The van der Waals surface area contributed by atoms with E-state index in [2.05, 4.69) is 22.3 Å². The Bertz CT molecular complexity index is 1080. The minimum atomic E-state index is 0.261. The van der Waals surface area contributed by atoms with E-state index >= 15 is 0 Å². The molecule has 0 unspecified atom stereocenters. The summed E-state index contributed by atoms with van der Waals surface area (Å²) >= 11 is 1.62. The Hall–Kier alpha value is -3.06. The highest BCUT2D eigenvalue weighted by atomic mass is 32.2. The van der Waals surface area contributed by atoms with Gasteiger partial charge in [0.1, 0.15) is 0 Å². The first-order chi connectivity index (χ1) is 12.9. The highest BCUT2D eigenvalue weighted by Gasteiger charge is 2.15. The molecule has 2 aromatic heterocycles. The molecule has 0 bridgehead atoms. The fraction of sp³-hybridized carbons (Fsp3) is 0.105. The van der Waals surface area contributed by atoms with Crippen molar-refractivity contribution in [1.29, 1.82) is 0 Å². The van der Waals surface area contributed by atoms with Crippen LogP contribution in [0.25, 0.3) is 16.9 Å². The maximum absolute atomic E-state index is 5.46. The Balaban J connectivity index is 1.47. The lowest BCUT2D eigenvalue weighted by atomic mass is 10.1. The Morgan fingerprint density at radius 2 is 1.81 bits per heavy atom. The predicted molar refractivity (Wildman–Crippen MR) is 98.3 cm³/mol. The molecule has 128 valence electrons. The van der Waals surface area contributed by atoms with Crippen molar-refractivity contribution in [1.82, 2.24) is 19.8 Å². The summed E-state index contributed by atoms with van der Waals surface area (Å²) in [5, 5.41) is 14.0. The van der Waals surface area contributed by atoms with Crippen LogP contribution in [0.5, 0.6) is 11.5 Å². The molecule has 0 N–H and O–H groups in total. The number of thioether (sulfide) groups is 1. The maximum atomic E-state index is 5.46. The average molecular weight is 362 g/mol. The molecule has 7 heteroatoms. The number of rotatable bonds is 4. The lowest BCUT2D eigenvalue weighted by Crippen LogP contribution is -1.96. The van der Waals surface area contributed by atoms with E-state index in [9.17, 15) is 0 Å². The van der Waals surface area contributed by atoms with Gasteiger partial charge in [0.05, 0.1) is 5.69 Å². The molecule has 0 fully saturated rings. The van der Waals surface area contributed by atoms with Crippen molar-refractivity contribution in [3.63, 3.8) is 0 Å². The number of nitrogens with zero attached hydrogens (tertiary/aromatic N) is 4. The van der Waals surface area contributed by atoms with Crippen LogP contribution in [-0.2, 0) is 5.75 Å². The van der Waals surface area contributed by atoms with Gasteiger partial charge in [-0.2, -0.15) is 9.61 Å². The smallest absolute Gasteiger partial charge is 0.231 e. The van der Waals surface area contributed by atoms with Gasteiger partial charge >= 0.3 is 0 Å². The standard InChI is InChI=1S/C19H14N4O2S/c1-2-4-13(5-3-1)11-26-19-21-20-18-9-7-15(22-23(18)19)14-6-8-16-17(10-14)25-12-24-16/h1-10H,11-12H2. The van der Waals surface area contributed by atoms with Crippen LogP contribution in [0.4, 0.5) is 0 Å². The van der Waals surface area contributed by atoms with Crippen LogP contribution in [0.1, 0.15) is 5.56 Å². The van der Waals surface area contributed by atoms with E-state index in [0.29, 0.717) is 0 Å². The van der Waals surface area contributed by atoms with Crippen molar-refractivity contribution in [2.75, 3.05) is 6.79 Å². The van der Waals surface area contributed by atoms with Gasteiger partial charge in [-0.05, 0) is 35.9 Å². The molecule has 6 nitrogen and oxygen atoms in total. The molecule has 5 rings (SSSR count). The summed E-state index contributed by atoms with van der Waals surface area (Å²) in [7, 11) is 0. The van der Waals surface area contributed by atoms with E-state index in [1.807, 2.05) is 48.5 Å². The molecule has 26 heavy (non-hydrogen) atoms. The summed E-state index contributed by atoms with van der Waals surface area (Å²) in [6.07, 6.45) is 0. The molecule has 2 aromatic carbocycles. The van der Waals surface area contributed by atoms with Gasteiger partial charge in [0.15, 0.2) is 17.1 Å². The molecule has 3 heterocycles. The van der Waals surface area contributed by atoms with Gasteiger partial charge in [-0.1, -0.05) is 42.1 Å². The van der Waals surface area contributed by atoms with Crippen molar-refractivity contribution in [3.8, 4) is 22.8 Å². The van der Waals surface area contributed by atoms with Crippen LogP contribution in [0, 0.1) is 0 Å². The second kappa shape index (κ2) is 6.34. The van der Waals surface area contributed by atoms with Crippen molar-refractivity contribution in [3.05, 3.63) is 66.2 Å². The van der Waals surface area contributed by atoms with Crippen LogP contribution in [0.3, 0.4) is 0 Å². The lowest BCUT2D eigenvalue weighted by molar-refractivity contribution is 0.174. The predicted octanol–water partition coefficient (Wildman–Crippen LogP) is 3.81. The normalized spacial score (nSPS) is 12.6. The molecular weight excluding hydrogens is 348 g/mol. The molecule has 0 spiro atoms. The van der Waals surface area contributed by atoms with Crippen LogP contribution >= 0.6 is 11.8 Å². The van der Waals surface area contributed by atoms with Crippen molar-refractivity contribution < 1.29 is 9.47 Å². The first-order valence-electron chi connectivity index (χ1n) is 8.16. The highest BCUT2D eigenvalue weighted by Crippen LogP contribution is 2.35. The average Bonchev–Trinajstić information content (AvgIpc) is 3.33. The minimum Gasteiger partial charge on any atom is -0.454 e. The number of hydrogen-bond donors (Lipinski definition) is 0. The highest BCUT2D eigenvalue weighted by molar-refractivity contribution is 7.98. The topological polar surface area (TPSA) is 61.5 Å². The molecule has 0 saturated carbocycles. The minimum absolute atomic E-state index is 0.261. The Morgan fingerprint density at radius 1 is 0.923 bits per heavy atom. The van der Waals surface area contributed by atoms with Gasteiger partial charge in [-0.15, -0.1) is 10.2 Å². The van der Waals surface area contributed by atoms with Crippen molar-refractivity contribution >= 4 is 17.4 Å². The number of aromatic nitrogens is 4. The van der Waals surface area contributed by atoms with Crippen molar-refractivity contribution in [2.45, 2.75) is 10.9 Å². The van der Waals surface area contributed by atoms with Crippen molar-refractivity contribution in [2.24, 2.45) is 0 Å². The molecule has 1 aliphatic heterocycles. The molecule has 0 atom stereocenters. The number of hydrogen-bond acceptors (Lipinski definition) is 6. The van der Waals surface area contributed by atoms with Gasteiger partial charge in [-0.25, -0.2) is 0 Å². The van der Waals surface area contributed by atoms with E-state index in [1.165, 1.54) is 5.56 Å². The number of fused-ring (bicyclic) bond motifs is 2. The Kier molecular flexibility index (Phi) is 3.71. The number of benzene rings is 2. The largest absolute Gasteiger partial charge is 0.454 e. The number of ether oxygens (including phenoxy) is 2. The zero-order valence-electron chi connectivity index (χ0n) is 13.7. The van der Waals surface area contributed by atoms with Gasteiger partial charge < -0.3 is 9.47 Å². The van der Waals surface area contributed by atoms with Crippen LogP contribution in [0.2, 0.25) is 0 Å². The second-order valence-electron chi connectivity index (χ2n) is 5.81. The second-order valence-corrected chi connectivity index (χ2v) is 6.76. The summed E-state index contributed by atoms with van der Waals surface area (Å²) in [4.78, 5) is 0. The van der Waals surface area contributed by atoms with Crippen LogP contribution in [-0.4, -0.2) is 26.6 Å². The van der Waals surface area contributed by atoms with Gasteiger partial charge in [-0.3, -0.25) is 0 Å². The summed E-state index contributed by atoms with van der Waals surface area (Å²) < 4.78 is 12.6. The van der Waals surface area contributed by atoms with Gasteiger partial charge in [0.2, 0.25) is 11.9 Å². The fourth-order valence-corrected chi connectivity index (χ4v) is 3.63. The molecule has 0 amide bonds. The van der Waals surface area contributed by atoms with E-state index in [-0.39, 0.29) is 6.79 Å². The molecule has 0 saturated heterocycles. The zero-order chi connectivity index (χ0) is 17.3. The quantitative estimate of drug-likeness (QED) is 0.515. The van der Waals surface area contributed by atoms with Gasteiger partial charge in [0, 0.05) is 11.3 Å². The molecule has 1 aliphatic rings. The van der Waals surface area contributed by atoms with E-state index in [1.54, 1.807) is 16.3 Å².